The summed E-state index contributed by atoms with van der Waals surface area (Å²) in [5.74, 6) is -1.96. The van der Waals surface area contributed by atoms with Crippen LogP contribution in [0.1, 0.15) is 38.2 Å². The molecule has 184 valence electrons. The molecule has 3 rings (SSSR count). The van der Waals surface area contributed by atoms with Gasteiger partial charge in [-0.2, -0.15) is 0 Å². The van der Waals surface area contributed by atoms with Gasteiger partial charge in [-0.3, -0.25) is 24.0 Å². The first-order valence-corrected chi connectivity index (χ1v) is 11.5. The number of likely N-dealkylation sites (tertiary alicyclic amines) is 1. The number of anilines is 1. The van der Waals surface area contributed by atoms with Crippen molar-refractivity contribution >= 4 is 35.2 Å². The van der Waals surface area contributed by atoms with Gasteiger partial charge in [0.15, 0.2) is 0 Å². The first-order chi connectivity index (χ1) is 16.2. The number of aryl methyl sites for hydroxylation is 1. The van der Waals surface area contributed by atoms with Gasteiger partial charge in [-0.25, -0.2) is 4.98 Å². The summed E-state index contributed by atoms with van der Waals surface area (Å²) in [5, 5.41) is 2.73. The molecule has 3 heterocycles. The van der Waals surface area contributed by atoms with Crippen molar-refractivity contribution in [2.24, 2.45) is 5.73 Å². The summed E-state index contributed by atoms with van der Waals surface area (Å²) in [6, 6.07) is 2.21. The predicted molar refractivity (Wildman–Crippen MR) is 124 cm³/mol. The van der Waals surface area contributed by atoms with Gasteiger partial charge in [-0.15, -0.1) is 0 Å². The fourth-order valence-electron chi connectivity index (χ4n) is 4.51. The van der Waals surface area contributed by atoms with Gasteiger partial charge in [-0.05, 0) is 37.8 Å². The second kappa shape index (κ2) is 11.1. The number of amides is 4. The molecule has 11 nitrogen and oxygen atoms in total. The largest absolute Gasteiger partial charge is 0.363 e. The summed E-state index contributed by atoms with van der Waals surface area (Å²) in [6.07, 6.45) is 2.65. The number of ketones is 1. The van der Waals surface area contributed by atoms with Gasteiger partial charge >= 0.3 is 0 Å². The van der Waals surface area contributed by atoms with Crippen LogP contribution in [0.2, 0.25) is 0 Å². The molecule has 0 aromatic carbocycles. The van der Waals surface area contributed by atoms with Crippen LogP contribution in [0.25, 0.3) is 0 Å². The summed E-state index contributed by atoms with van der Waals surface area (Å²) in [6.45, 7) is 5.87. The fraction of sp³-hybridized carbons (Fsp3) is 0.565. The Hall–Kier alpha value is -3.50. The summed E-state index contributed by atoms with van der Waals surface area (Å²) >= 11 is 0. The lowest BCUT2D eigenvalue weighted by Gasteiger charge is -2.37. The second-order valence-corrected chi connectivity index (χ2v) is 8.71. The molecule has 11 heteroatoms. The zero-order chi connectivity index (χ0) is 24.8. The van der Waals surface area contributed by atoms with Crippen LogP contribution >= 0.6 is 0 Å². The summed E-state index contributed by atoms with van der Waals surface area (Å²) in [5.41, 5.74) is 6.09. The Balaban J connectivity index is 1.67. The Kier molecular flexibility index (Phi) is 8.19. The van der Waals surface area contributed by atoms with Crippen LogP contribution in [0.5, 0.6) is 0 Å². The molecule has 2 saturated heterocycles. The normalized spacial score (nSPS) is 19.0. The third kappa shape index (κ3) is 5.89. The number of carbonyl (C=O) groups excluding carboxylic acids is 5. The van der Waals surface area contributed by atoms with Crippen LogP contribution < -0.4 is 16.0 Å². The molecule has 1 aromatic heterocycles. The Labute approximate surface area is 198 Å². The van der Waals surface area contributed by atoms with E-state index in [1.165, 1.54) is 11.8 Å². The number of rotatable bonds is 8. The van der Waals surface area contributed by atoms with E-state index in [9.17, 15) is 24.0 Å². The van der Waals surface area contributed by atoms with E-state index in [2.05, 4.69) is 15.2 Å². The number of primary amides is 1. The maximum atomic E-state index is 13.3. The van der Waals surface area contributed by atoms with E-state index in [4.69, 9.17) is 5.73 Å². The number of hydrogen-bond acceptors (Lipinski definition) is 7. The Morgan fingerprint density at radius 2 is 1.85 bits per heavy atom. The molecule has 2 atom stereocenters. The van der Waals surface area contributed by atoms with Gasteiger partial charge in [0.25, 0.3) is 5.91 Å². The zero-order valence-electron chi connectivity index (χ0n) is 19.7. The number of piperazine rings is 1. The predicted octanol–water partition coefficient (Wildman–Crippen LogP) is -0.631. The van der Waals surface area contributed by atoms with Crippen LogP contribution in [-0.2, 0) is 24.0 Å². The molecule has 2 aliphatic rings. The van der Waals surface area contributed by atoms with Crippen molar-refractivity contribution in [3.63, 3.8) is 0 Å². The van der Waals surface area contributed by atoms with Crippen molar-refractivity contribution < 1.29 is 24.0 Å². The van der Waals surface area contributed by atoms with Crippen LogP contribution in [0.4, 0.5) is 5.82 Å². The highest BCUT2D eigenvalue weighted by Gasteiger charge is 2.36. The van der Waals surface area contributed by atoms with Crippen molar-refractivity contribution in [2.45, 2.75) is 51.6 Å². The molecule has 4 amide bonds. The highest BCUT2D eigenvalue weighted by atomic mass is 16.2. The van der Waals surface area contributed by atoms with Crippen LogP contribution in [0.3, 0.4) is 0 Å². The van der Waals surface area contributed by atoms with E-state index < -0.39 is 29.7 Å². The van der Waals surface area contributed by atoms with Crippen LogP contribution in [0, 0.1) is 6.92 Å². The van der Waals surface area contributed by atoms with Gasteiger partial charge in [0.1, 0.15) is 17.9 Å². The molecule has 1 unspecified atom stereocenters. The topological polar surface area (TPSA) is 146 Å². The van der Waals surface area contributed by atoms with Crippen LogP contribution in [-0.4, -0.2) is 89.0 Å². The number of pyridine rings is 1. The third-order valence-corrected chi connectivity index (χ3v) is 6.38. The molecular weight excluding hydrogens is 440 g/mol. The van der Waals surface area contributed by atoms with E-state index in [-0.39, 0.29) is 24.7 Å². The first kappa shape index (κ1) is 25.1. The minimum absolute atomic E-state index is 0.0430. The molecule has 0 bridgehead atoms. The molecule has 34 heavy (non-hydrogen) atoms. The maximum Gasteiger partial charge on any atom is 0.284 e. The molecule has 0 radical (unpaired) electrons. The standard InChI is InChI=1S/C23H32N6O5/c1-15-5-3-9-25-21(15)27-11-13-28(14-12-27)23(34)17(7-8-19(31)20(24)32)26-22(33)18-6-4-10-29(18)16(2)30/h3,5,9,17-18H,4,6-8,10-14H2,1-2H3,(H2,24,32)(H,26,33)/t17?,18-/m0/s1. The number of nitrogens with zero attached hydrogens (tertiary/aromatic N) is 4. The average Bonchev–Trinajstić information content (AvgIpc) is 3.32. The molecule has 0 saturated carbocycles. The highest BCUT2D eigenvalue weighted by Crippen LogP contribution is 2.20. The number of aromatic nitrogens is 1. The molecular formula is C23H32N6O5. The minimum atomic E-state index is -1.07. The lowest BCUT2D eigenvalue weighted by Crippen LogP contribution is -2.57. The minimum Gasteiger partial charge on any atom is -0.363 e. The van der Waals surface area contributed by atoms with E-state index in [1.807, 2.05) is 19.1 Å². The van der Waals surface area contributed by atoms with Gasteiger partial charge in [0.05, 0.1) is 0 Å². The molecule has 3 N–H and O–H groups in total. The van der Waals surface area contributed by atoms with Crippen molar-refractivity contribution in [3.05, 3.63) is 23.9 Å². The average molecular weight is 473 g/mol. The molecule has 2 aliphatic heterocycles. The number of nitrogens with two attached hydrogens (primary N) is 1. The van der Waals surface area contributed by atoms with Crippen LogP contribution in [0.15, 0.2) is 18.3 Å². The van der Waals surface area contributed by atoms with Crippen molar-refractivity contribution in [2.75, 3.05) is 37.6 Å². The fourth-order valence-corrected chi connectivity index (χ4v) is 4.51. The van der Waals surface area contributed by atoms with Crippen molar-refractivity contribution in [3.8, 4) is 0 Å². The first-order valence-electron chi connectivity index (χ1n) is 11.5. The lowest BCUT2D eigenvalue weighted by molar-refractivity contribution is -0.141. The number of hydrogen-bond donors (Lipinski definition) is 2. The molecule has 1 aromatic rings. The van der Waals surface area contributed by atoms with E-state index in [1.54, 1.807) is 11.1 Å². The van der Waals surface area contributed by atoms with Crippen molar-refractivity contribution in [1.82, 2.24) is 20.1 Å². The summed E-state index contributed by atoms with van der Waals surface area (Å²) in [4.78, 5) is 70.7. The Morgan fingerprint density at radius 1 is 1.15 bits per heavy atom. The lowest BCUT2D eigenvalue weighted by atomic mass is 10.1. The summed E-state index contributed by atoms with van der Waals surface area (Å²) in [7, 11) is 0. The van der Waals surface area contributed by atoms with E-state index in [0.29, 0.717) is 45.6 Å². The SMILES string of the molecule is CC(=O)N1CCC[C@H]1C(=O)NC(CCC(=O)C(N)=O)C(=O)N1CCN(c2ncccc2C)CC1. The smallest absolute Gasteiger partial charge is 0.284 e. The Bertz CT molecular complexity index is 959. The third-order valence-electron chi connectivity index (χ3n) is 6.38. The van der Waals surface area contributed by atoms with Gasteiger partial charge in [0, 0.05) is 52.3 Å². The second-order valence-electron chi connectivity index (χ2n) is 8.71. The van der Waals surface area contributed by atoms with Crippen molar-refractivity contribution in [1.29, 1.82) is 0 Å². The van der Waals surface area contributed by atoms with Gasteiger partial charge < -0.3 is 25.8 Å². The number of carbonyl (C=O) groups is 5. The maximum absolute atomic E-state index is 13.3. The highest BCUT2D eigenvalue weighted by molar-refractivity contribution is 6.35. The van der Waals surface area contributed by atoms with Gasteiger partial charge in [-0.1, -0.05) is 6.07 Å². The zero-order valence-corrected chi connectivity index (χ0v) is 19.7. The molecule has 0 spiro atoms. The Morgan fingerprint density at radius 3 is 2.47 bits per heavy atom. The number of Topliss-reactive ketones (excluding diaryl/α,β-unsaturated/α-hetero) is 1. The van der Waals surface area contributed by atoms with Gasteiger partial charge in [0.2, 0.25) is 23.5 Å². The molecule has 0 aliphatic carbocycles. The quantitative estimate of drug-likeness (QED) is 0.479. The number of nitrogens with one attached hydrogen (secondary N) is 1. The van der Waals surface area contributed by atoms with E-state index >= 15 is 0 Å². The monoisotopic (exact) mass is 472 g/mol. The molecule has 2 fully saturated rings. The summed E-state index contributed by atoms with van der Waals surface area (Å²) < 4.78 is 0. The van der Waals surface area contributed by atoms with E-state index in [0.717, 1.165) is 11.4 Å².